The minimum Gasteiger partial charge on any atom is -0.430 e. The summed E-state index contributed by atoms with van der Waals surface area (Å²) in [6, 6.07) is 0. The van der Waals surface area contributed by atoms with Crippen molar-refractivity contribution >= 4 is 5.97 Å². The maximum Gasteiger partial charge on any atom is 0.332 e. The molecule has 0 saturated carbocycles. The Balaban J connectivity index is 2.41. The predicted octanol–water partition coefficient (Wildman–Crippen LogP) is 1.21. The van der Waals surface area contributed by atoms with Gasteiger partial charge in [-0.3, -0.25) is 0 Å². The average Bonchev–Trinajstić information content (AvgIpc) is 2.48. The van der Waals surface area contributed by atoms with Gasteiger partial charge in [-0.15, -0.1) is 0 Å². The topological polar surface area (TPSA) is 44.8 Å². The van der Waals surface area contributed by atoms with E-state index in [4.69, 9.17) is 14.2 Å². The summed E-state index contributed by atoms with van der Waals surface area (Å²) >= 11 is 0. The van der Waals surface area contributed by atoms with Gasteiger partial charge >= 0.3 is 5.97 Å². The van der Waals surface area contributed by atoms with Gasteiger partial charge in [0, 0.05) is 6.08 Å². The van der Waals surface area contributed by atoms with Crippen LogP contribution in [0.5, 0.6) is 0 Å². The highest BCUT2D eigenvalue weighted by molar-refractivity contribution is 5.81. The van der Waals surface area contributed by atoms with Crippen molar-refractivity contribution in [3.63, 3.8) is 0 Å². The van der Waals surface area contributed by atoms with Crippen molar-refractivity contribution in [2.45, 2.75) is 32.3 Å². The molecule has 1 fully saturated rings. The van der Waals surface area contributed by atoms with Gasteiger partial charge in [-0.25, -0.2) is 4.79 Å². The summed E-state index contributed by atoms with van der Waals surface area (Å²) in [6.45, 7) is 7.33. The van der Waals surface area contributed by atoms with E-state index in [1.165, 1.54) is 0 Å². The van der Waals surface area contributed by atoms with Crippen molar-refractivity contribution in [1.29, 1.82) is 0 Å². The first-order chi connectivity index (χ1) is 6.09. The number of carbonyl (C=O) groups excluding carboxylic acids is 1. The Morgan fingerprint density at radius 3 is 3.00 bits per heavy atom. The zero-order valence-corrected chi connectivity index (χ0v) is 7.91. The van der Waals surface area contributed by atoms with E-state index in [1.54, 1.807) is 0 Å². The van der Waals surface area contributed by atoms with E-state index in [0.717, 1.165) is 12.5 Å². The van der Waals surface area contributed by atoms with Crippen LogP contribution in [0.15, 0.2) is 12.7 Å². The molecule has 1 aliphatic heterocycles. The van der Waals surface area contributed by atoms with Crippen LogP contribution in [0.25, 0.3) is 0 Å². The van der Waals surface area contributed by atoms with Crippen molar-refractivity contribution in [2.75, 3.05) is 6.61 Å². The highest BCUT2D eigenvalue weighted by Crippen LogP contribution is 2.26. The van der Waals surface area contributed by atoms with Crippen molar-refractivity contribution in [3.8, 4) is 0 Å². The van der Waals surface area contributed by atoms with Crippen LogP contribution in [0.3, 0.4) is 0 Å². The molecule has 1 rings (SSSR count). The summed E-state index contributed by atoms with van der Waals surface area (Å²) in [5.74, 6) is -1.11. The summed E-state index contributed by atoms with van der Waals surface area (Å²) in [6.07, 6.45) is 1.22. The third kappa shape index (κ3) is 2.54. The molecule has 0 N–H and O–H groups in total. The first-order valence-electron chi connectivity index (χ1n) is 4.24. The molecule has 1 aliphatic rings. The smallest absolute Gasteiger partial charge is 0.332 e. The van der Waals surface area contributed by atoms with E-state index in [0.29, 0.717) is 0 Å². The van der Waals surface area contributed by atoms with Crippen molar-refractivity contribution < 1.29 is 19.0 Å². The lowest BCUT2D eigenvalue weighted by molar-refractivity contribution is -0.202. The standard InChI is InChI=1S/C9H14O4/c1-4-7(10)12-8-6-11-9(3,5-2)13-8/h4,8H,1,5-6H2,2-3H3. The molecule has 0 radical (unpaired) electrons. The first-order valence-corrected chi connectivity index (χ1v) is 4.24. The minimum absolute atomic E-state index is 0.282. The summed E-state index contributed by atoms with van der Waals surface area (Å²) in [4.78, 5) is 10.8. The fourth-order valence-electron chi connectivity index (χ4n) is 1.01. The van der Waals surface area contributed by atoms with Crippen LogP contribution >= 0.6 is 0 Å². The minimum atomic E-state index is -0.619. The number of carbonyl (C=O) groups is 1. The molecule has 0 spiro atoms. The molecule has 1 saturated heterocycles. The van der Waals surface area contributed by atoms with Gasteiger partial charge in [0.1, 0.15) is 6.61 Å². The van der Waals surface area contributed by atoms with Crippen LogP contribution in [-0.4, -0.2) is 24.7 Å². The van der Waals surface area contributed by atoms with Gasteiger partial charge in [0.15, 0.2) is 5.79 Å². The monoisotopic (exact) mass is 186 g/mol. The van der Waals surface area contributed by atoms with Gasteiger partial charge in [0.2, 0.25) is 6.29 Å². The van der Waals surface area contributed by atoms with Crippen LogP contribution in [0, 0.1) is 0 Å². The Kier molecular flexibility index (Phi) is 3.06. The molecule has 74 valence electrons. The predicted molar refractivity (Wildman–Crippen MR) is 45.8 cm³/mol. The molecule has 0 bridgehead atoms. The number of hydrogen-bond acceptors (Lipinski definition) is 4. The Morgan fingerprint density at radius 1 is 1.85 bits per heavy atom. The number of ether oxygens (including phenoxy) is 3. The normalized spacial score (nSPS) is 32.9. The molecule has 0 aromatic carbocycles. The number of rotatable bonds is 3. The van der Waals surface area contributed by atoms with E-state index < -0.39 is 18.0 Å². The van der Waals surface area contributed by atoms with Crippen molar-refractivity contribution in [3.05, 3.63) is 12.7 Å². The molecular formula is C9H14O4. The average molecular weight is 186 g/mol. The van der Waals surface area contributed by atoms with Crippen LogP contribution in [0.2, 0.25) is 0 Å². The fraction of sp³-hybridized carbons (Fsp3) is 0.667. The third-order valence-electron chi connectivity index (χ3n) is 1.96. The molecular weight excluding hydrogens is 172 g/mol. The van der Waals surface area contributed by atoms with Gasteiger partial charge in [-0.2, -0.15) is 0 Å². The second kappa shape index (κ2) is 3.89. The van der Waals surface area contributed by atoms with E-state index in [1.807, 2.05) is 13.8 Å². The van der Waals surface area contributed by atoms with E-state index in [2.05, 4.69) is 6.58 Å². The highest BCUT2D eigenvalue weighted by Gasteiger charge is 2.37. The first kappa shape index (κ1) is 10.2. The lowest BCUT2D eigenvalue weighted by atomic mass is 10.2. The Morgan fingerprint density at radius 2 is 2.54 bits per heavy atom. The van der Waals surface area contributed by atoms with Gasteiger partial charge in [-0.1, -0.05) is 13.5 Å². The van der Waals surface area contributed by atoms with Crippen LogP contribution in [-0.2, 0) is 19.0 Å². The molecule has 0 aromatic heterocycles. The second-order valence-corrected chi connectivity index (χ2v) is 2.99. The molecule has 2 unspecified atom stereocenters. The lowest BCUT2D eigenvalue weighted by Gasteiger charge is -2.20. The van der Waals surface area contributed by atoms with E-state index in [-0.39, 0.29) is 6.61 Å². The molecule has 4 nitrogen and oxygen atoms in total. The van der Waals surface area contributed by atoms with Gasteiger partial charge in [0.05, 0.1) is 0 Å². The second-order valence-electron chi connectivity index (χ2n) is 2.99. The van der Waals surface area contributed by atoms with E-state index in [9.17, 15) is 4.79 Å². The van der Waals surface area contributed by atoms with Crippen LogP contribution in [0.4, 0.5) is 0 Å². The number of esters is 1. The van der Waals surface area contributed by atoms with Crippen LogP contribution < -0.4 is 0 Å². The van der Waals surface area contributed by atoms with Crippen molar-refractivity contribution in [2.24, 2.45) is 0 Å². The SMILES string of the molecule is C=CC(=O)OC1COC(C)(CC)O1. The summed E-state index contributed by atoms with van der Waals surface area (Å²) < 4.78 is 15.5. The largest absolute Gasteiger partial charge is 0.430 e. The van der Waals surface area contributed by atoms with Crippen LogP contribution in [0.1, 0.15) is 20.3 Å². The molecule has 0 aliphatic carbocycles. The molecule has 0 aromatic rings. The van der Waals surface area contributed by atoms with Gasteiger partial charge in [0.25, 0.3) is 0 Å². The maximum atomic E-state index is 10.8. The molecule has 1 heterocycles. The third-order valence-corrected chi connectivity index (χ3v) is 1.96. The van der Waals surface area contributed by atoms with Gasteiger partial charge < -0.3 is 14.2 Å². The number of hydrogen-bond donors (Lipinski definition) is 0. The Labute approximate surface area is 77.5 Å². The zero-order chi connectivity index (χ0) is 9.90. The highest BCUT2D eigenvalue weighted by atomic mass is 16.8. The molecule has 0 amide bonds. The quantitative estimate of drug-likeness (QED) is 0.491. The van der Waals surface area contributed by atoms with Crippen molar-refractivity contribution in [1.82, 2.24) is 0 Å². The van der Waals surface area contributed by atoms with Gasteiger partial charge in [-0.05, 0) is 13.3 Å². The summed E-state index contributed by atoms with van der Waals surface area (Å²) in [7, 11) is 0. The molecule has 4 heteroatoms. The summed E-state index contributed by atoms with van der Waals surface area (Å²) in [5, 5.41) is 0. The van der Waals surface area contributed by atoms with E-state index >= 15 is 0 Å². The zero-order valence-electron chi connectivity index (χ0n) is 7.91. The molecule has 13 heavy (non-hydrogen) atoms. The fourth-order valence-corrected chi connectivity index (χ4v) is 1.01. The maximum absolute atomic E-state index is 10.8. The Bertz CT molecular complexity index is 214. The Hall–Kier alpha value is -0.870. The lowest BCUT2D eigenvalue weighted by Crippen LogP contribution is -2.26. The molecule has 2 atom stereocenters. The summed E-state index contributed by atoms with van der Waals surface area (Å²) in [5.41, 5.74) is 0.